The van der Waals surface area contributed by atoms with Crippen LogP contribution in [-0.4, -0.2) is 42.7 Å². The van der Waals surface area contributed by atoms with Crippen LogP contribution in [0.1, 0.15) is 5.69 Å². The van der Waals surface area contributed by atoms with Gasteiger partial charge >= 0.3 is 0 Å². The summed E-state index contributed by atoms with van der Waals surface area (Å²) in [5, 5.41) is 5.82. The Labute approximate surface area is 129 Å². The molecule has 1 heterocycles. The lowest BCUT2D eigenvalue weighted by molar-refractivity contribution is -0.115. The SMILES string of the molecule is COCCNCC(=O)Nc1ccc(-c2nccc(C)n2)cc1. The largest absolute Gasteiger partial charge is 0.383 e. The van der Waals surface area contributed by atoms with Gasteiger partial charge in [-0.1, -0.05) is 0 Å². The summed E-state index contributed by atoms with van der Waals surface area (Å²) in [6.07, 6.45) is 1.74. The molecule has 1 amide bonds. The second-order valence-corrected chi connectivity index (χ2v) is 4.82. The fourth-order valence-corrected chi connectivity index (χ4v) is 1.87. The average Bonchev–Trinajstić information content (AvgIpc) is 2.52. The molecule has 6 heteroatoms. The minimum atomic E-state index is -0.0874. The summed E-state index contributed by atoms with van der Waals surface area (Å²) < 4.78 is 4.90. The number of rotatable bonds is 7. The molecule has 6 nitrogen and oxygen atoms in total. The van der Waals surface area contributed by atoms with Crippen LogP contribution in [0.2, 0.25) is 0 Å². The van der Waals surface area contributed by atoms with Crippen LogP contribution in [0.15, 0.2) is 36.5 Å². The summed E-state index contributed by atoms with van der Waals surface area (Å²) >= 11 is 0. The van der Waals surface area contributed by atoms with Gasteiger partial charge in [-0.3, -0.25) is 4.79 Å². The van der Waals surface area contributed by atoms with Crippen molar-refractivity contribution in [3.8, 4) is 11.4 Å². The third-order valence-electron chi connectivity index (χ3n) is 2.99. The molecule has 0 aliphatic carbocycles. The van der Waals surface area contributed by atoms with Crippen molar-refractivity contribution < 1.29 is 9.53 Å². The first-order valence-electron chi connectivity index (χ1n) is 7.08. The van der Waals surface area contributed by atoms with Crippen molar-refractivity contribution >= 4 is 11.6 Å². The van der Waals surface area contributed by atoms with Gasteiger partial charge < -0.3 is 15.4 Å². The van der Waals surface area contributed by atoms with E-state index in [0.717, 1.165) is 16.9 Å². The Balaban J connectivity index is 1.90. The van der Waals surface area contributed by atoms with Crippen molar-refractivity contribution in [2.24, 2.45) is 0 Å². The number of hydrogen-bond acceptors (Lipinski definition) is 5. The molecule has 2 N–H and O–H groups in total. The van der Waals surface area contributed by atoms with Crippen LogP contribution in [0.3, 0.4) is 0 Å². The summed E-state index contributed by atoms with van der Waals surface area (Å²) in [6.45, 7) is 3.41. The van der Waals surface area contributed by atoms with Gasteiger partial charge in [0.1, 0.15) is 0 Å². The van der Waals surface area contributed by atoms with E-state index < -0.39 is 0 Å². The first kappa shape index (κ1) is 16.1. The molecule has 0 aliphatic heterocycles. The number of nitrogens with zero attached hydrogens (tertiary/aromatic N) is 2. The van der Waals surface area contributed by atoms with Gasteiger partial charge in [-0.05, 0) is 37.3 Å². The summed E-state index contributed by atoms with van der Waals surface area (Å²) in [6, 6.07) is 9.32. The van der Waals surface area contributed by atoms with Crippen LogP contribution in [0.25, 0.3) is 11.4 Å². The molecule has 0 fully saturated rings. The van der Waals surface area contributed by atoms with Crippen LogP contribution in [0.5, 0.6) is 0 Å². The van der Waals surface area contributed by atoms with Crippen molar-refractivity contribution in [2.45, 2.75) is 6.92 Å². The number of aryl methyl sites for hydroxylation is 1. The predicted molar refractivity (Wildman–Crippen MR) is 85.6 cm³/mol. The van der Waals surface area contributed by atoms with E-state index in [0.29, 0.717) is 19.0 Å². The van der Waals surface area contributed by atoms with Gasteiger partial charge in [0.2, 0.25) is 5.91 Å². The maximum absolute atomic E-state index is 11.7. The molecule has 0 bridgehead atoms. The maximum Gasteiger partial charge on any atom is 0.238 e. The lowest BCUT2D eigenvalue weighted by Gasteiger charge is -2.07. The van der Waals surface area contributed by atoms with Gasteiger partial charge in [-0.2, -0.15) is 0 Å². The van der Waals surface area contributed by atoms with Gasteiger partial charge in [0.05, 0.1) is 13.2 Å². The Morgan fingerprint density at radius 1 is 1.23 bits per heavy atom. The first-order chi connectivity index (χ1) is 10.7. The highest BCUT2D eigenvalue weighted by Gasteiger charge is 2.04. The fraction of sp³-hybridized carbons (Fsp3) is 0.312. The van der Waals surface area contributed by atoms with Crippen molar-refractivity contribution in [2.75, 3.05) is 32.1 Å². The Morgan fingerprint density at radius 2 is 2.00 bits per heavy atom. The molecule has 116 valence electrons. The second kappa shape index (κ2) is 8.21. The first-order valence-corrected chi connectivity index (χ1v) is 7.08. The monoisotopic (exact) mass is 300 g/mol. The summed E-state index contributed by atoms with van der Waals surface area (Å²) in [5.41, 5.74) is 2.58. The maximum atomic E-state index is 11.7. The highest BCUT2D eigenvalue weighted by atomic mass is 16.5. The minimum absolute atomic E-state index is 0.0874. The highest BCUT2D eigenvalue weighted by Crippen LogP contribution is 2.17. The molecule has 1 aromatic carbocycles. The third-order valence-corrected chi connectivity index (χ3v) is 2.99. The molecule has 0 spiro atoms. The van der Waals surface area contributed by atoms with Gasteiger partial charge in [0.25, 0.3) is 0 Å². The zero-order valence-corrected chi connectivity index (χ0v) is 12.8. The van der Waals surface area contributed by atoms with Crippen molar-refractivity contribution in [1.82, 2.24) is 15.3 Å². The van der Waals surface area contributed by atoms with E-state index in [1.165, 1.54) is 0 Å². The van der Waals surface area contributed by atoms with E-state index in [9.17, 15) is 4.79 Å². The van der Waals surface area contributed by atoms with Crippen LogP contribution < -0.4 is 10.6 Å². The van der Waals surface area contributed by atoms with Gasteiger partial charge in [-0.15, -0.1) is 0 Å². The minimum Gasteiger partial charge on any atom is -0.383 e. The highest BCUT2D eigenvalue weighted by molar-refractivity contribution is 5.92. The lowest BCUT2D eigenvalue weighted by atomic mass is 10.2. The molecule has 2 aromatic rings. The molecule has 0 unspecified atom stereocenters. The third kappa shape index (κ3) is 4.91. The standard InChI is InChI=1S/C16H20N4O2/c1-12-7-8-18-16(19-12)13-3-5-14(6-4-13)20-15(21)11-17-9-10-22-2/h3-8,17H,9-11H2,1-2H3,(H,20,21). The molecule has 22 heavy (non-hydrogen) atoms. The number of aromatic nitrogens is 2. The van der Waals surface area contributed by atoms with E-state index in [-0.39, 0.29) is 12.5 Å². The number of hydrogen-bond donors (Lipinski definition) is 2. The number of methoxy groups -OCH3 is 1. The number of carbonyl (C=O) groups is 1. The van der Waals surface area contributed by atoms with Crippen LogP contribution in [0, 0.1) is 6.92 Å². The zero-order chi connectivity index (χ0) is 15.8. The number of carbonyl (C=O) groups excluding carboxylic acids is 1. The number of anilines is 1. The molecule has 0 atom stereocenters. The number of benzene rings is 1. The topological polar surface area (TPSA) is 76.1 Å². The second-order valence-electron chi connectivity index (χ2n) is 4.82. The summed E-state index contributed by atoms with van der Waals surface area (Å²) in [4.78, 5) is 20.3. The van der Waals surface area contributed by atoms with E-state index in [1.807, 2.05) is 37.3 Å². The fourth-order valence-electron chi connectivity index (χ4n) is 1.87. The van der Waals surface area contributed by atoms with Crippen molar-refractivity contribution in [3.63, 3.8) is 0 Å². The number of nitrogens with one attached hydrogen (secondary N) is 2. The average molecular weight is 300 g/mol. The van der Waals surface area contributed by atoms with Gasteiger partial charge in [0, 0.05) is 36.8 Å². The van der Waals surface area contributed by atoms with E-state index >= 15 is 0 Å². The van der Waals surface area contributed by atoms with Gasteiger partial charge in [-0.25, -0.2) is 9.97 Å². The van der Waals surface area contributed by atoms with E-state index in [4.69, 9.17) is 4.74 Å². The van der Waals surface area contributed by atoms with Crippen LogP contribution >= 0.6 is 0 Å². The number of amides is 1. The smallest absolute Gasteiger partial charge is 0.238 e. The normalized spacial score (nSPS) is 10.5. The zero-order valence-electron chi connectivity index (χ0n) is 12.8. The molecule has 0 saturated heterocycles. The number of ether oxygens (including phenoxy) is 1. The lowest BCUT2D eigenvalue weighted by Crippen LogP contribution is -2.30. The molecular weight excluding hydrogens is 280 g/mol. The molecular formula is C16H20N4O2. The molecule has 2 rings (SSSR count). The Hall–Kier alpha value is -2.31. The molecule has 0 aliphatic rings. The quantitative estimate of drug-likeness (QED) is 0.760. The molecule has 0 radical (unpaired) electrons. The van der Waals surface area contributed by atoms with Crippen LogP contribution in [-0.2, 0) is 9.53 Å². The summed E-state index contributed by atoms with van der Waals surface area (Å²) in [7, 11) is 1.63. The van der Waals surface area contributed by atoms with E-state index in [1.54, 1.807) is 13.3 Å². The Morgan fingerprint density at radius 3 is 2.68 bits per heavy atom. The Kier molecular flexibility index (Phi) is 6.00. The molecule has 1 aromatic heterocycles. The van der Waals surface area contributed by atoms with Crippen molar-refractivity contribution in [1.29, 1.82) is 0 Å². The van der Waals surface area contributed by atoms with Crippen molar-refractivity contribution in [3.05, 3.63) is 42.2 Å². The summed E-state index contributed by atoms with van der Waals surface area (Å²) in [5.74, 6) is 0.592. The molecule has 0 saturated carbocycles. The predicted octanol–water partition coefficient (Wildman–Crippen LogP) is 1.63. The Bertz CT molecular complexity index is 614. The van der Waals surface area contributed by atoms with E-state index in [2.05, 4.69) is 20.6 Å². The van der Waals surface area contributed by atoms with Crippen LogP contribution in [0.4, 0.5) is 5.69 Å². The van der Waals surface area contributed by atoms with Gasteiger partial charge in [0.15, 0.2) is 5.82 Å².